The molecule has 1 amide bonds. The van der Waals surface area contributed by atoms with Crippen molar-refractivity contribution >= 4 is 16.7 Å². The summed E-state index contributed by atoms with van der Waals surface area (Å²) < 4.78 is 11.9. The summed E-state index contributed by atoms with van der Waals surface area (Å²) in [6.07, 6.45) is 0.886. The molecule has 0 aliphatic carbocycles. The van der Waals surface area contributed by atoms with Crippen molar-refractivity contribution in [2.75, 3.05) is 13.2 Å². The molecule has 0 N–H and O–H groups in total. The fourth-order valence-electron chi connectivity index (χ4n) is 4.39. The van der Waals surface area contributed by atoms with E-state index in [2.05, 4.69) is 36.4 Å². The van der Waals surface area contributed by atoms with Gasteiger partial charge in [-0.15, -0.1) is 0 Å². The summed E-state index contributed by atoms with van der Waals surface area (Å²) in [5.41, 5.74) is 4.09. The van der Waals surface area contributed by atoms with Crippen LogP contribution >= 0.6 is 0 Å². The van der Waals surface area contributed by atoms with Gasteiger partial charge < -0.3 is 14.4 Å². The molecule has 0 saturated carbocycles. The van der Waals surface area contributed by atoms with Gasteiger partial charge in [0.15, 0.2) is 0 Å². The van der Waals surface area contributed by atoms with Crippen LogP contribution < -0.4 is 9.47 Å². The molecule has 4 aromatic rings. The summed E-state index contributed by atoms with van der Waals surface area (Å²) in [7, 11) is 0. The van der Waals surface area contributed by atoms with Crippen LogP contribution in [0.15, 0.2) is 84.9 Å². The van der Waals surface area contributed by atoms with Crippen LogP contribution in [-0.2, 0) is 19.6 Å². The molecule has 4 nitrogen and oxygen atoms in total. The molecular formula is C29H27NO3. The highest BCUT2D eigenvalue weighted by Gasteiger charge is 2.22. The van der Waals surface area contributed by atoms with Gasteiger partial charge in [0.25, 0.3) is 5.91 Å². The number of hydrogen-bond acceptors (Lipinski definition) is 3. The van der Waals surface area contributed by atoms with Crippen molar-refractivity contribution in [2.24, 2.45) is 0 Å². The van der Waals surface area contributed by atoms with Crippen LogP contribution in [0.25, 0.3) is 10.8 Å². The zero-order valence-corrected chi connectivity index (χ0v) is 18.8. The van der Waals surface area contributed by atoms with Crippen molar-refractivity contribution < 1.29 is 14.3 Å². The predicted molar refractivity (Wildman–Crippen MR) is 131 cm³/mol. The third-order valence-electron chi connectivity index (χ3n) is 6.14. The van der Waals surface area contributed by atoms with Gasteiger partial charge in [0, 0.05) is 24.2 Å². The lowest BCUT2D eigenvalue weighted by Gasteiger charge is -2.29. The Morgan fingerprint density at radius 3 is 2.48 bits per heavy atom. The normalized spacial score (nSPS) is 12.9. The van der Waals surface area contributed by atoms with Gasteiger partial charge >= 0.3 is 0 Å². The van der Waals surface area contributed by atoms with E-state index in [-0.39, 0.29) is 5.91 Å². The first-order valence-electron chi connectivity index (χ1n) is 11.4. The number of fused-ring (bicyclic) bond motifs is 2. The van der Waals surface area contributed by atoms with E-state index in [9.17, 15) is 4.79 Å². The minimum atomic E-state index is 0.0412. The van der Waals surface area contributed by atoms with Crippen molar-refractivity contribution in [3.05, 3.63) is 107 Å². The summed E-state index contributed by atoms with van der Waals surface area (Å²) >= 11 is 0. The molecule has 0 fully saturated rings. The third kappa shape index (κ3) is 4.56. The molecule has 0 radical (unpaired) electrons. The van der Waals surface area contributed by atoms with E-state index in [4.69, 9.17) is 9.47 Å². The maximum absolute atomic E-state index is 13.3. The lowest BCUT2D eigenvalue weighted by Crippen LogP contribution is -2.36. The van der Waals surface area contributed by atoms with E-state index in [1.54, 1.807) is 0 Å². The van der Waals surface area contributed by atoms with Crippen LogP contribution in [0.5, 0.6) is 11.5 Å². The van der Waals surface area contributed by atoms with Crippen LogP contribution in [0.4, 0.5) is 0 Å². The lowest BCUT2D eigenvalue weighted by atomic mass is 9.99. The van der Waals surface area contributed by atoms with Gasteiger partial charge in [-0.05, 0) is 65.6 Å². The lowest BCUT2D eigenvalue weighted by molar-refractivity contribution is 0.0734. The number of nitrogens with zero attached hydrogens (tertiary/aromatic N) is 1. The standard InChI is InChI=1S/C29H27NO3/c1-2-32-28-14-12-24(29(31)30-16-15-22-8-4-6-10-25(22)19-30)17-26(28)20-33-27-13-11-21-7-3-5-9-23(21)18-27/h3-14,17-18H,2,15-16,19-20H2,1H3. The number of rotatable bonds is 6. The van der Waals surface area contributed by atoms with Crippen molar-refractivity contribution in [1.29, 1.82) is 0 Å². The molecule has 1 aliphatic heterocycles. The van der Waals surface area contributed by atoms with Crippen LogP contribution in [0, 0.1) is 0 Å². The summed E-state index contributed by atoms with van der Waals surface area (Å²) in [5, 5.41) is 2.31. The maximum atomic E-state index is 13.3. The highest BCUT2D eigenvalue weighted by molar-refractivity contribution is 5.94. The average Bonchev–Trinajstić information content (AvgIpc) is 2.87. The summed E-state index contributed by atoms with van der Waals surface area (Å²) in [4.78, 5) is 15.2. The first kappa shape index (κ1) is 21.1. The predicted octanol–water partition coefficient (Wildman–Crippen LogP) is 6.02. The molecule has 0 spiro atoms. The van der Waals surface area contributed by atoms with Gasteiger partial charge in [0.1, 0.15) is 18.1 Å². The minimum Gasteiger partial charge on any atom is -0.493 e. The van der Waals surface area contributed by atoms with Gasteiger partial charge in [-0.1, -0.05) is 54.6 Å². The molecule has 1 heterocycles. The van der Waals surface area contributed by atoms with Gasteiger partial charge in [-0.2, -0.15) is 0 Å². The van der Waals surface area contributed by atoms with E-state index in [0.717, 1.165) is 35.4 Å². The van der Waals surface area contributed by atoms with Gasteiger partial charge in [0.05, 0.1) is 6.61 Å². The molecule has 33 heavy (non-hydrogen) atoms. The maximum Gasteiger partial charge on any atom is 0.254 e. The Kier molecular flexibility index (Phi) is 5.99. The molecule has 166 valence electrons. The Hall–Kier alpha value is -3.79. The Morgan fingerprint density at radius 2 is 1.64 bits per heavy atom. The van der Waals surface area contributed by atoms with Gasteiger partial charge in [0.2, 0.25) is 0 Å². The van der Waals surface area contributed by atoms with E-state index in [1.165, 1.54) is 16.5 Å². The first-order valence-corrected chi connectivity index (χ1v) is 11.4. The van der Waals surface area contributed by atoms with E-state index >= 15 is 0 Å². The number of benzene rings is 4. The summed E-state index contributed by atoms with van der Waals surface area (Å²) in [5.74, 6) is 1.58. The van der Waals surface area contributed by atoms with Crippen molar-refractivity contribution in [1.82, 2.24) is 4.90 Å². The van der Waals surface area contributed by atoms with Crippen LogP contribution in [0.3, 0.4) is 0 Å². The van der Waals surface area contributed by atoms with Crippen molar-refractivity contribution in [3.8, 4) is 11.5 Å². The number of carbonyl (C=O) groups excluding carboxylic acids is 1. The van der Waals surface area contributed by atoms with Crippen molar-refractivity contribution in [2.45, 2.75) is 26.5 Å². The largest absolute Gasteiger partial charge is 0.493 e. The SMILES string of the molecule is CCOc1ccc(C(=O)N2CCc3ccccc3C2)cc1COc1ccc2ccccc2c1. The van der Waals surface area contributed by atoms with E-state index < -0.39 is 0 Å². The van der Waals surface area contributed by atoms with Gasteiger partial charge in [-0.3, -0.25) is 4.79 Å². The smallest absolute Gasteiger partial charge is 0.254 e. The Balaban J connectivity index is 1.36. The second-order valence-electron chi connectivity index (χ2n) is 8.30. The highest BCUT2D eigenvalue weighted by Crippen LogP contribution is 2.27. The molecule has 4 aromatic carbocycles. The quantitative estimate of drug-likeness (QED) is 0.370. The van der Waals surface area contributed by atoms with E-state index in [0.29, 0.717) is 25.3 Å². The second kappa shape index (κ2) is 9.37. The molecule has 1 aliphatic rings. The van der Waals surface area contributed by atoms with Gasteiger partial charge in [-0.25, -0.2) is 0 Å². The first-order chi connectivity index (χ1) is 16.2. The zero-order valence-electron chi connectivity index (χ0n) is 18.8. The molecule has 5 rings (SSSR count). The fraction of sp³-hybridized carbons (Fsp3) is 0.207. The molecule has 0 atom stereocenters. The number of hydrogen-bond donors (Lipinski definition) is 0. The van der Waals surface area contributed by atoms with E-state index in [1.807, 2.05) is 60.4 Å². The number of carbonyl (C=O) groups is 1. The summed E-state index contributed by atoms with van der Waals surface area (Å²) in [6.45, 7) is 4.21. The number of ether oxygens (including phenoxy) is 2. The third-order valence-corrected chi connectivity index (χ3v) is 6.14. The molecule has 4 heteroatoms. The minimum absolute atomic E-state index is 0.0412. The fourth-order valence-corrected chi connectivity index (χ4v) is 4.39. The van der Waals surface area contributed by atoms with Crippen LogP contribution in [0.1, 0.15) is 34.0 Å². The summed E-state index contributed by atoms with van der Waals surface area (Å²) in [6, 6.07) is 28.3. The Morgan fingerprint density at radius 1 is 0.848 bits per heavy atom. The Bertz CT molecular complexity index is 1300. The highest BCUT2D eigenvalue weighted by atomic mass is 16.5. The van der Waals surface area contributed by atoms with Crippen LogP contribution in [0.2, 0.25) is 0 Å². The Labute approximate surface area is 194 Å². The van der Waals surface area contributed by atoms with Crippen molar-refractivity contribution in [3.63, 3.8) is 0 Å². The molecule has 0 unspecified atom stereocenters. The zero-order chi connectivity index (χ0) is 22.6. The monoisotopic (exact) mass is 437 g/mol. The molecule has 0 saturated heterocycles. The molecular weight excluding hydrogens is 410 g/mol. The molecule has 0 aromatic heterocycles. The molecule has 0 bridgehead atoms. The van der Waals surface area contributed by atoms with Crippen LogP contribution in [-0.4, -0.2) is 24.0 Å². The average molecular weight is 438 g/mol. The second-order valence-corrected chi connectivity index (χ2v) is 8.30. The number of amides is 1. The topological polar surface area (TPSA) is 38.8 Å².